The number of nitrogens with one attached hydrogen (secondary N) is 2. The van der Waals surface area contributed by atoms with Crippen molar-refractivity contribution in [2.45, 2.75) is 19.4 Å². The monoisotopic (exact) mass is 266 g/mol. The molecule has 1 heterocycles. The van der Waals surface area contributed by atoms with E-state index in [9.17, 15) is 0 Å². The molecule has 1 aromatic heterocycles. The Morgan fingerprint density at radius 3 is 2.67 bits per heavy atom. The Kier molecular flexibility index (Phi) is 2.61. The minimum absolute atomic E-state index is 0.0223. The van der Waals surface area contributed by atoms with E-state index in [4.69, 9.17) is 0 Å². The Labute approximate surface area is 98.2 Å². The summed E-state index contributed by atoms with van der Waals surface area (Å²) in [4.78, 5) is 3.43. The number of aromatic nitrogens is 1. The van der Waals surface area contributed by atoms with Crippen LogP contribution in [0.5, 0.6) is 0 Å². The Morgan fingerprint density at radius 1 is 1.27 bits per heavy atom. The van der Waals surface area contributed by atoms with Crippen LogP contribution < -0.4 is 5.32 Å². The van der Waals surface area contributed by atoms with Crippen LogP contribution in [0.3, 0.4) is 0 Å². The lowest BCUT2D eigenvalue weighted by Gasteiger charge is -2.22. The van der Waals surface area contributed by atoms with Crippen LogP contribution >= 0.6 is 15.9 Å². The van der Waals surface area contributed by atoms with E-state index in [-0.39, 0.29) is 5.54 Å². The van der Waals surface area contributed by atoms with Crippen molar-refractivity contribution in [1.82, 2.24) is 10.3 Å². The molecule has 0 saturated carbocycles. The van der Waals surface area contributed by atoms with Gasteiger partial charge >= 0.3 is 0 Å². The molecule has 2 nitrogen and oxygen atoms in total. The van der Waals surface area contributed by atoms with E-state index < -0.39 is 0 Å². The van der Waals surface area contributed by atoms with Crippen LogP contribution in [0, 0.1) is 0 Å². The van der Waals surface area contributed by atoms with Gasteiger partial charge in [-0.2, -0.15) is 0 Å². The zero-order valence-corrected chi connectivity index (χ0v) is 10.8. The minimum atomic E-state index is -0.0223. The highest BCUT2D eigenvalue weighted by Crippen LogP contribution is 2.25. The molecule has 1 aromatic carbocycles. The van der Waals surface area contributed by atoms with Gasteiger partial charge in [0.05, 0.1) is 5.54 Å². The molecular weight excluding hydrogens is 252 g/mol. The lowest BCUT2D eigenvalue weighted by atomic mass is 10.0. The molecule has 0 radical (unpaired) electrons. The summed E-state index contributed by atoms with van der Waals surface area (Å²) < 4.78 is 1.11. The first-order valence-electron chi connectivity index (χ1n) is 5.00. The molecule has 0 fully saturated rings. The summed E-state index contributed by atoms with van der Waals surface area (Å²) in [6.07, 6.45) is 0. The third kappa shape index (κ3) is 1.94. The first-order chi connectivity index (χ1) is 7.03. The molecule has 2 rings (SSSR count). The molecule has 0 aliphatic carbocycles. The minimum Gasteiger partial charge on any atom is -0.357 e. The van der Waals surface area contributed by atoms with E-state index in [0.29, 0.717) is 0 Å². The van der Waals surface area contributed by atoms with E-state index in [1.54, 1.807) is 0 Å². The van der Waals surface area contributed by atoms with E-state index >= 15 is 0 Å². The van der Waals surface area contributed by atoms with Crippen molar-refractivity contribution in [3.8, 4) is 0 Å². The second-order valence-electron chi connectivity index (χ2n) is 4.29. The highest BCUT2D eigenvalue weighted by atomic mass is 79.9. The van der Waals surface area contributed by atoms with Crippen molar-refractivity contribution in [3.05, 3.63) is 34.4 Å². The summed E-state index contributed by atoms with van der Waals surface area (Å²) in [5, 5.41) is 4.53. The number of H-pyrrole nitrogens is 1. The Bertz CT molecular complexity index is 485. The van der Waals surface area contributed by atoms with E-state index in [1.165, 1.54) is 16.6 Å². The van der Waals surface area contributed by atoms with Gasteiger partial charge in [-0.1, -0.05) is 15.9 Å². The zero-order chi connectivity index (χ0) is 11.1. The van der Waals surface area contributed by atoms with Gasteiger partial charge in [0.1, 0.15) is 0 Å². The molecule has 0 aliphatic heterocycles. The van der Waals surface area contributed by atoms with Gasteiger partial charge in [-0.05, 0) is 45.2 Å². The van der Waals surface area contributed by atoms with Gasteiger partial charge in [-0.3, -0.25) is 0 Å². The van der Waals surface area contributed by atoms with Gasteiger partial charge in [0.2, 0.25) is 0 Å². The highest BCUT2D eigenvalue weighted by molar-refractivity contribution is 9.10. The maximum atomic E-state index is 3.48. The number of benzene rings is 1. The number of fused-ring (bicyclic) bond motifs is 1. The molecule has 15 heavy (non-hydrogen) atoms. The standard InChI is InChI=1S/C12H15BrN2/c1-12(2,14-3)11-7-8-6-9(13)4-5-10(8)15-11/h4-7,14-15H,1-3H3. The first kappa shape index (κ1) is 10.7. The van der Waals surface area contributed by atoms with Crippen LogP contribution in [0.4, 0.5) is 0 Å². The average molecular weight is 267 g/mol. The topological polar surface area (TPSA) is 27.8 Å². The van der Waals surface area contributed by atoms with Crippen LogP contribution in [0.15, 0.2) is 28.7 Å². The van der Waals surface area contributed by atoms with Gasteiger partial charge in [0.25, 0.3) is 0 Å². The van der Waals surface area contributed by atoms with E-state index in [0.717, 1.165) is 4.47 Å². The highest BCUT2D eigenvalue weighted by Gasteiger charge is 2.19. The maximum Gasteiger partial charge on any atom is 0.0527 e. The number of hydrogen-bond acceptors (Lipinski definition) is 1. The second kappa shape index (κ2) is 3.65. The molecule has 3 heteroatoms. The van der Waals surface area contributed by atoms with Gasteiger partial charge < -0.3 is 10.3 Å². The van der Waals surface area contributed by atoms with Gasteiger partial charge in [-0.15, -0.1) is 0 Å². The Hall–Kier alpha value is -0.800. The lowest BCUT2D eigenvalue weighted by Crippen LogP contribution is -2.33. The largest absolute Gasteiger partial charge is 0.357 e. The SMILES string of the molecule is CNC(C)(C)c1cc2cc(Br)ccc2[nH]1. The molecule has 0 atom stereocenters. The summed E-state index contributed by atoms with van der Waals surface area (Å²) in [6.45, 7) is 4.32. The summed E-state index contributed by atoms with van der Waals surface area (Å²) in [5.41, 5.74) is 2.36. The van der Waals surface area contributed by atoms with Gasteiger partial charge in [0.15, 0.2) is 0 Å². The molecule has 0 saturated heterocycles. The number of halogens is 1. The fraction of sp³-hybridized carbons (Fsp3) is 0.333. The summed E-state index contributed by atoms with van der Waals surface area (Å²) >= 11 is 3.48. The normalized spacial score (nSPS) is 12.3. The molecule has 0 spiro atoms. The van der Waals surface area contributed by atoms with E-state index in [1.807, 2.05) is 7.05 Å². The van der Waals surface area contributed by atoms with Crippen molar-refractivity contribution >= 4 is 26.8 Å². The summed E-state index contributed by atoms with van der Waals surface area (Å²) in [5.74, 6) is 0. The zero-order valence-electron chi connectivity index (χ0n) is 9.19. The van der Waals surface area contributed by atoms with Gasteiger partial charge in [-0.25, -0.2) is 0 Å². The third-order valence-electron chi connectivity index (χ3n) is 2.88. The predicted molar refractivity (Wildman–Crippen MR) is 68.1 cm³/mol. The average Bonchev–Trinajstić information content (AvgIpc) is 2.61. The van der Waals surface area contributed by atoms with Crippen molar-refractivity contribution in [3.63, 3.8) is 0 Å². The molecular formula is C12H15BrN2. The Balaban J connectivity index is 2.56. The molecule has 0 aliphatic rings. The third-order valence-corrected chi connectivity index (χ3v) is 3.37. The maximum absolute atomic E-state index is 3.48. The van der Waals surface area contributed by atoms with Crippen LogP contribution in [-0.2, 0) is 5.54 Å². The molecule has 0 bridgehead atoms. The quantitative estimate of drug-likeness (QED) is 0.857. The van der Waals surface area contributed by atoms with Crippen molar-refractivity contribution < 1.29 is 0 Å². The van der Waals surface area contributed by atoms with Crippen molar-refractivity contribution in [2.24, 2.45) is 0 Å². The molecule has 0 amide bonds. The fourth-order valence-electron chi connectivity index (χ4n) is 1.57. The van der Waals surface area contributed by atoms with Crippen LogP contribution in [0.1, 0.15) is 19.5 Å². The number of rotatable bonds is 2. The number of hydrogen-bond donors (Lipinski definition) is 2. The lowest BCUT2D eigenvalue weighted by molar-refractivity contribution is 0.434. The van der Waals surface area contributed by atoms with Crippen molar-refractivity contribution in [2.75, 3.05) is 7.05 Å². The van der Waals surface area contributed by atoms with E-state index in [2.05, 4.69) is 64.3 Å². The predicted octanol–water partition coefficient (Wildman–Crippen LogP) is 3.38. The molecule has 0 unspecified atom stereocenters. The Morgan fingerprint density at radius 2 is 2.00 bits per heavy atom. The smallest absolute Gasteiger partial charge is 0.0527 e. The van der Waals surface area contributed by atoms with Crippen molar-refractivity contribution in [1.29, 1.82) is 0 Å². The molecule has 80 valence electrons. The second-order valence-corrected chi connectivity index (χ2v) is 5.21. The molecule has 2 aromatic rings. The summed E-state index contributed by atoms with van der Waals surface area (Å²) in [7, 11) is 1.97. The van der Waals surface area contributed by atoms with Gasteiger partial charge in [0, 0.05) is 21.1 Å². The van der Waals surface area contributed by atoms with Crippen LogP contribution in [-0.4, -0.2) is 12.0 Å². The first-order valence-corrected chi connectivity index (χ1v) is 5.80. The van der Waals surface area contributed by atoms with Crippen LogP contribution in [0.2, 0.25) is 0 Å². The molecule has 2 N–H and O–H groups in total. The fourth-order valence-corrected chi connectivity index (χ4v) is 1.95. The van der Waals surface area contributed by atoms with Crippen LogP contribution in [0.25, 0.3) is 10.9 Å². The summed E-state index contributed by atoms with van der Waals surface area (Å²) in [6, 6.07) is 8.46. The number of aromatic amines is 1.